The standard InChI is InChI=1S/C23H23N3O3/c1-15(18-9-11-21-22(13-18)29-14-28-21)24-23(27)12-10-20-16(2)25-26(17(20)3)19-7-5-4-6-8-19/h4-13,15H,14H2,1-3H3,(H,24,27)/b12-10+. The average molecular weight is 389 g/mol. The smallest absolute Gasteiger partial charge is 0.244 e. The number of fused-ring (bicyclic) bond motifs is 1. The molecule has 1 atom stereocenters. The average Bonchev–Trinajstić information content (AvgIpc) is 3.30. The van der Waals surface area contributed by atoms with E-state index in [1.165, 1.54) is 0 Å². The summed E-state index contributed by atoms with van der Waals surface area (Å²) in [5.74, 6) is 1.27. The molecule has 1 aliphatic heterocycles. The van der Waals surface area contributed by atoms with E-state index in [4.69, 9.17) is 9.47 Å². The predicted molar refractivity (Wildman–Crippen MR) is 111 cm³/mol. The summed E-state index contributed by atoms with van der Waals surface area (Å²) in [5.41, 5.74) is 4.76. The summed E-state index contributed by atoms with van der Waals surface area (Å²) >= 11 is 0. The molecule has 0 radical (unpaired) electrons. The van der Waals surface area contributed by atoms with Gasteiger partial charge in [0.25, 0.3) is 0 Å². The van der Waals surface area contributed by atoms with Crippen molar-refractivity contribution in [1.82, 2.24) is 15.1 Å². The van der Waals surface area contributed by atoms with Crippen LogP contribution in [0.2, 0.25) is 0 Å². The fraction of sp³-hybridized carbons (Fsp3) is 0.217. The minimum Gasteiger partial charge on any atom is -0.454 e. The Morgan fingerprint density at radius 1 is 1.14 bits per heavy atom. The third kappa shape index (κ3) is 3.87. The van der Waals surface area contributed by atoms with Gasteiger partial charge < -0.3 is 14.8 Å². The van der Waals surface area contributed by atoms with Crippen molar-refractivity contribution in [2.45, 2.75) is 26.8 Å². The van der Waals surface area contributed by atoms with E-state index in [2.05, 4.69) is 10.4 Å². The van der Waals surface area contributed by atoms with Crippen LogP contribution in [0.1, 0.15) is 35.5 Å². The van der Waals surface area contributed by atoms with Crippen molar-refractivity contribution >= 4 is 12.0 Å². The van der Waals surface area contributed by atoms with Gasteiger partial charge in [0.05, 0.1) is 17.4 Å². The van der Waals surface area contributed by atoms with Gasteiger partial charge in [-0.05, 0) is 56.7 Å². The lowest BCUT2D eigenvalue weighted by atomic mass is 10.1. The highest BCUT2D eigenvalue weighted by Crippen LogP contribution is 2.34. The maximum Gasteiger partial charge on any atom is 0.244 e. The molecule has 1 N–H and O–H groups in total. The third-order valence-corrected chi connectivity index (χ3v) is 5.00. The lowest BCUT2D eigenvalue weighted by molar-refractivity contribution is -0.117. The number of carbonyl (C=O) groups is 1. The van der Waals surface area contributed by atoms with Crippen molar-refractivity contribution < 1.29 is 14.3 Å². The van der Waals surface area contributed by atoms with E-state index in [1.54, 1.807) is 6.08 Å². The van der Waals surface area contributed by atoms with Gasteiger partial charge in [0.15, 0.2) is 11.5 Å². The lowest BCUT2D eigenvalue weighted by Gasteiger charge is -2.13. The van der Waals surface area contributed by atoms with Gasteiger partial charge in [0.2, 0.25) is 12.7 Å². The number of ether oxygens (including phenoxy) is 2. The zero-order valence-electron chi connectivity index (χ0n) is 16.7. The second kappa shape index (κ2) is 7.83. The summed E-state index contributed by atoms with van der Waals surface area (Å²) in [4.78, 5) is 12.5. The Hall–Kier alpha value is -3.54. The van der Waals surface area contributed by atoms with E-state index in [1.807, 2.05) is 80.1 Å². The largest absolute Gasteiger partial charge is 0.454 e. The molecule has 0 fully saturated rings. The summed E-state index contributed by atoms with van der Waals surface area (Å²) in [6.07, 6.45) is 3.37. The number of nitrogens with zero attached hydrogens (tertiary/aromatic N) is 2. The van der Waals surface area contributed by atoms with E-state index < -0.39 is 0 Å². The Morgan fingerprint density at radius 2 is 1.90 bits per heavy atom. The number of benzene rings is 2. The molecule has 0 saturated heterocycles. The van der Waals surface area contributed by atoms with Crippen LogP contribution >= 0.6 is 0 Å². The maximum atomic E-state index is 12.5. The minimum absolute atomic E-state index is 0.157. The van der Waals surface area contributed by atoms with Gasteiger partial charge in [0.1, 0.15) is 0 Å². The Balaban J connectivity index is 1.47. The molecule has 0 saturated carbocycles. The number of hydrogen-bond donors (Lipinski definition) is 1. The fourth-order valence-electron chi connectivity index (χ4n) is 3.40. The van der Waals surface area contributed by atoms with Crippen LogP contribution in [-0.2, 0) is 4.79 Å². The van der Waals surface area contributed by atoms with Gasteiger partial charge in [-0.2, -0.15) is 5.10 Å². The number of aryl methyl sites for hydroxylation is 1. The second-order valence-corrected chi connectivity index (χ2v) is 7.01. The molecule has 1 aromatic heterocycles. The molecule has 29 heavy (non-hydrogen) atoms. The monoisotopic (exact) mass is 389 g/mol. The highest BCUT2D eigenvalue weighted by atomic mass is 16.7. The van der Waals surface area contributed by atoms with Crippen LogP contribution < -0.4 is 14.8 Å². The Kier molecular flexibility index (Phi) is 5.08. The van der Waals surface area contributed by atoms with Gasteiger partial charge in [-0.15, -0.1) is 0 Å². The Labute approximate surface area is 169 Å². The molecule has 1 amide bonds. The molecule has 2 heterocycles. The first-order chi connectivity index (χ1) is 14.0. The first-order valence-electron chi connectivity index (χ1n) is 9.52. The zero-order valence-corrected chi connectivity index (χ0v) is 16.7. The SMILES string of the molecule is Cc1nn(-c2ccccc2)c(C)c1/C=C/C(=O)NC(C)c1ccc2c(c1)OCO2. The number of amides is 1. The van der Waals surface area contributed by atoms with Gasteiger partial charge in [-0.25, -0.2) is 4.68 Å². The van der Waals surface area contributed by atoms with Crippen LogP contribution in [0.4, 0.5) is 0 Å². The van der Waals surface area contributed by atoms with E-state index in [0.29, 0.717) is 5.75 Å². The maximum absolute atomic E-state index is 12.5. The normalized spacial score (nSPS) is 13.6. The lowest BCUT2D eigenvalue weighted by Crippen LogP contribution is -2.24. The van der Waals surface area contributed by atoms with Crippen molar-refractivity contribution in [2.75, 3.05) is 6.79 Å². The number of carbonyl (C=O) groups excluding carboxylic acids is 1. The van der Waals surface area contributed by atoms with E-state index >= 15 is 0 Å². The fourth-order valence-corrected chi connectivity index (χ4v) is 3.40. The van der Waals surface area contributed by atoms with Crippen LogP contribution in [0.15, 0.2) is 54.6 Å². The molecule has 148 valence electrons. The molecule has 1 aliphatic rings. The summed E-state index contributed by atoms with van der Waals surface area (Å²) in [5, 5.41) is 7.59. The summed E-state index contributed by atoms with van der Waals surface area (Å²) in [6.45, 7) is 6.11. The van der Waals surface area contributed by atoms with E-state index in [9.17, 15) is 4.79 Å². The molecule has 4 rings (SSSR count). The molecule has 0 bridgehead atoms. The van der Waals surface area contributed by atoms with Gasteiger partial charge >= 0.3 is 0 Å². The minimum atomic E-state index is -0.165. The van der Waals surface area contributed by atoms with Crippen molar-refractivity contribution in [3.05, 3.63) is 77.1 Å². The highest BCUT2D eigenvalue weighted by Gasteiger charge is 2.16. The molecule has 3 aromatic rings. The molecule has 6 heteroatoms. The first-order valence-corrected chi connectivity index (χ1v) is 9.52. The van der Waals surface area contributed by atoms with Crippen LogP contribution in [0.5, 0.6) is 11.5 Å². The summed E-state index contributed by atoms with van der Waals surface area (Å²) in [6, 6.07) is 15.5. The van der Waals surface area contributed by atoms with Gasteiger partial charge in [-0.3, -0.25) is 4.79 Å². The number of aromatic nitrogens is 2. The Bertz CT molecular complexity index is 1070. The van der Waals surface area contributed by atoms with E-state index in [-0.39, 0.29) is 18.7 Å². The molecule has 0 aliphatic carbocycles. The van der Waals surface area contributed by atoms with Crippen molar-refractivity contribution in [2.24, 2.45) is 0 Å². The zero-order chi connectivity index (χ0) is 20.4. The molecular formula is C23H23N3O3. The van der Waals surface area contributed by atoms with Crippen LogP contribution in [0.25, 0.3) is 11.8 Å². The van der Waals surface area contributed by atoms with Crippen molar-refractivity contribution in [3.63, 3.8) is 0 Å². The third-order valence-electron chi connectivity index (χ3n) is 5.00. The summed E-state index contributed by atoms with van der Waals surface area (Å²) in [7, 11) is 0. The van der Waals surface area contributed by atoms with Crippen LogP contribution in [-0.4, -0.2) is 22.5 Å². The topological polar surface area (TPSA) is 65.4 Å². The summed E-state index contributed by atoms with van der Waals surface area (Å²) < 4.78 is 12.6. The molecular weight excluding hydrogens is 366 g/mol. The number of hydrogen-bond acceptors (Lipinski definition) is 4. The van der Waals surface area contributed by atoms with Gasteiger partial charge in [0, 0.05) is 17.3 Å². The van der Waals surface area contributed by atoms with Crippen molar-refractivity contribution in [1.29, 1.82) is 0 Å². The van der Waals surface area contributed by atoms with E-state index in [0.717, 1.165) is 34.0 Å². The number of para-hydroxylation sites is 1. The quantitative estimate of drug-likeness (QED) is 0.667. The highest BCUT2D eigenvalue weighted by molar-refractivity contribution is 5.92. The molecule has 0 spiro atoms. The second-order valence-electron chi connectivity index (χ2n) is 7.01. The molecule has 2 aromatic carbocycles. The number of rotatable bonds is 5. The molecule has 6 nitrogen and oxygen atoms in total. The van der Waals surface area contributed by atoms with Crippen molar-refractivity contribution in [3.8, 4) is 17.2 Å². The van der Waals surface area contributed by atoms with Gasteiger partial charge in [-0.1, -0.05) is 24.3 Å². The van der Waals surface area contributed by atoms with Crippen LogP contribution in [0.3, 0.4) is 0 Å². The predicted octanol–water partition coefficient (Wildman–Crippen LogP) is 4.11. The number of nitrogens with one attached hydrogen (secondary N) is 1. The first kappa shape index (κ1) is 18.8. The van der Waals surface area contributed by atoms with Crippen LogP contribution in [0, 0.1) is 13.8 Å². The molecule has 1 unspecified atom stereocenters. The Morgan fingerprint density at radius 3 is 2.69 bits per heavy atom.